The van der Waals surface area contributed by atoms with Crippen LogP contribution in [-0.4, -0.2) is 112 Å². The van der Waals surface area contributed by atoms with Crippen LogP contribution in [0.15, 0.2) is 76.1 Å². The molecule has 0 aromatic carbocycles. The number of halogens is 1. The lowest BCUT2D eigenvalue weighted by atomic mass is 10.2. The average Bonchev–Trinajstić information content (AvgIpc) is 4.50. The van der Waals surface area contributed by atoms with Gasteiger partial charge in [0.2, 0.25) is 0 Å². The molecule has 10 rings (SSSR count). The molecule has 0 fully saturated rings. The molecular weight excluding hydrogens is 1100 g/mol. The minimum atomic E-state index is -0.448. The Morgan fingerprint density at radius 3 is 1.13 bits per heavy atom. The Kier molecular flexibility index (Phi) is 21.9. The molecule has 10 aromatic rings. The highest BCUT2D eigenvalue weighted by molar-refractivity contribution is 6.17. The standard InChI is InChI=1S/2C13H17N7O2.C13H16N4O2.C7H8N4O2.C6H9Cl/c2*1-18-8-14-11-10(18)12(21)20(13(22)19(11)2)6-4-3-5-9-7-15-17-16-9;1-4-5-6-7-8-17-12(18)10-11(14-9-15(10)2)16(3)13(17)19;1-10-3-8-5-4(10)6(12)9-7(13)11(5)2;1-2-3-4-5-6-7/h2*7-8H,3-6H2,1-2H3,(H,15,16,17);1,9H,5-8H2,2-3H3;3H,1-2H3,(H,9,12,13);1H,3-6H2. The number of imidazole rings is 4. The van der Waals surface area contributed by atoms with Crippen LogP contribution in [0.2, 0.25) is 0 Å². The van der Waals surface area contributed by atoms with Crippen molar-refractivity contribution < 1.29 is 0 Å². The van der Waals surface area contributed by atoms with E-state index in [-0.39, 0.29) is 33.7 Å². The lowest BCUT2D eigenvalue weighted by Gasteiger charge is -2.08. The smallest absolute Gasteiger partial charge is 0.328 e. The number of aromatic nitrogens is 22. The Labute approximate surface area is 476 Å². The monoisotopic (exact) mass is 1160 g/mol. The quantitative estimate of drug-likeness (QED) is 0.0630. The molecule has 30 nitrogen and oxygen atoms in total. The number of H-pyrrole nitrogens is 3. The van der Waals surface area contributed by atoms with E-state index in [4.69, 9.17) is 24.4 Å². The number of hydrogen-bond acceptors (Lipinski definition) is 16. The maximum Gasteiger partial charge on any atom is 0.332 e. The van der Waals surface area contributed by atoms with Crippen molar-refractivity contribution in [3.8, 4) is 24.7 Å². The third-order valence-electron chi connectivity index (χ3n) is 13.3. The van der Waals surface area contributed by atoms with Crippen LogP contribution >= 0.6 is 11.6 Å². The van der Waals surface area contributed by atoms with E-state index in [1.54, 1.807) is 99.7 Å². The first-order chi connectivity index (χ1) is 39.8. The highest BCUT2D eigenvalue weighted by atomic mass is 35.5. The van der Waals surface area contributed by atoms with Crippen molar-refractivity contribution in [2.24, 2.45) is 56.4 Å². The van der Waals surface area contributed by atoms with E-state index < -0.39 is 11.2 Å². The highest BCUT2D eigenvalue weighted by Crippen LogP contribution is 2.08. The Morgan fingerprint density at radius 1 is 0.458 bits per heavy atom. The van der Waals surface area contributed by atoms with Crippen LogP contribution in [0, 0.1) is 24.7 Å². The minimum Gasteiger partial charge on any atom is -0.328 e. The van der Waals surface area contributed by atoms with Gasteiger partial charge in [0, 0.05) is 94.7 Å². The molecule has 0 amide bonds. The summed E-state index contributed by atoms with van der Waals surface area (Å²) in [5.41, 5.74) is 2.39. The molecule has 0 spiro atoms. The first-order valence-electron chi connectivity index (χ1n) is 26.3. The number of nitrogens with one attached hydrogen (secondary N) is 3. The Hall–Kier alpha value is -9.71. The maximum absolute atomic E-state index is 12.5. The second-order valence-corrected chi connectivity index (χ2v) is 19.6. The van der Waals surface area contributed by atoms with Gasteiger partial charge in [-0.05, 0) is 64.2 Å². The van der Waals surface area contributed by atoms with E-state index in [2.05, 4.69) is 67.6 Å². The Morgan fingerprint density at radius 2 is 0.795 bits per heavy atom. The molecule has 83 heavy (non-hydrogen) atoms. The van der Waals surface area contributed by atoms with E-state index in [1.165, 1.54) is 44.6 Å². The Bertz CT molecular complexity index is 4250. The molecule has 0 radical (unpaired) electrons. The lowest BCUT2D eigenvalue weighted by Crippen LogP contribution is -2.39. The molecule has 10 heterocycles. The van der Waals surface area contributed by atoms with Gasteiger partial charge in [-0.25, -0.2) is 39.1 Å². The first-order valence-corrected chi connectivity index (χ1v) is 26.9. The van der Waals surface area contributed by atoms with E-state index in [9.17, 15) is 38.4 Å². The minimum absolute atomic E-state index is 0.292. The molecule has 10 aromatic heterocycles. The molecule has 0 aliphatic rings. The van der Waals surface area contributed by atoms with Crippen LogP contribution < -0.4 is 45.0 Å². The van der Waals surface area contributed by atoms with Gasteiger partial charge in [0.05, 0.1) is 49.1 Å². The summed E-state index contributed by atoms with van der Waals surface area (Å²) in [7, 11) is 13.4. The van der Waals surface area contributed by atoms with Crippen LogP contribution in [0.3, 0.4) is 0 Å². The topological polar surface area (TPSA) is 341 Å². The number of fused-ring (bicyclic) bond motifs is 4. The van der Waals surface area contributed by atoms with Gasteiger partial charge < -0.3 is 18.3 Å². The molecule has 440 valence electrons. The SMILES string of the molecule is C#CCCCCCl.C#CCCCCn1c(=O)c2c(ncn2C)n(C)c1=O.Cn1cnc2c1c(=O)[nH]c(=O)n2C.Cn1cnc2c1c(=O)n(CCCCc1cn[nH]n1)c(=O)n2C.Cn1cnc2c1c(=O)n(CCCCc1cn[nH]n1)c(=O)n2C. The predicted octanol–water partition coefficient (Wildman–Crippen LogP) is 0.376. The number of nitrogens with zero attached hydrogens (tertiary/aromatic N) is 19. The number of unbranched alkanes of at least 4 members (excludes halogenated alkanes) is 6. The zero-order valence-corrected chi connectivity index (χ0v) is 48.3. The van der Waals surface area contributed by atoms with Crippen LogP contribution in [0.25, 0.3) is 44.7 Å². The summed E-state index contributed by atoms with van der Waals surface area (Å²) >= 11 is 5.37. The zero-order valence-electron chi connectivity index (χ0n) is 47.6. The van der Waals surface area contributed by atoms with Crippen LogP contribution in [0.1, 0.15) is 75.6 Å². The van der Waals surface area contributed by atoms with Crippen molar-refractivity contribution in [1.29, 1.82) is 0 Å². The Balaban J connectivity index is 0.000000173. The summed E-state index contributed by atoms with van der Waals surface area (Å²) in [6.07, 6.45) is 29.4. The van der Waals surface area contributed by atoms with Gasteiger partial charge in [-0.3, -0.25) is 56.1 Å². The van der Waals surface area contributed by atoms with Gasteiger partial charge >= 0.3 is 22.8 Å². The van der Waals surface area contributed by atoms with E-state index >= 15 is 0 Å². The number of rotatable bonds is 17. The number of aryl methyl sites for hydroxylation is 10. The molecular formula is C52H67ClN22O8. The number of hydrogen-bond donors (Lipinski definition) is 3. The predicted molar refractivity (Wildman–Crippen MR) is 312 cm³/mol. The normalized spacial score (nSPS) is 10.9. The molecule has 0 bridgehead atoms. The first kappa shape index (κ1) is 62.5. The number of terminal acetylenes is 2. The van der Waals surface area contributed by atoms with Gasteiger partial charge in [0.15, 0.2) is 44.7 Å². The summed E-state index contributed by atoms with van der Waals surface area (Å²) in [6.45, 7) is 1.14. The molecule has 0 atom stereocenters. The fourth-order valence-electron chi connectivity index (χ4n) is 8.70. The maximum atomic E-state index is 12.5. The zero-order chi connectivity index (χ0) is 60.5. The van der Waals surface area contributed by atoms with Gasteiger partial charge in [0.25, 0.3) is 22.2 Å². The van der Waals surface area contributed by atoms with Crippen molar-refractivity contribution in [3.05, 3.63) is 132 Å². The van der Waals surface area contributed by atoms with Gasteiger partial charge in [-0.2, -0.15) is 30.8 Å². The van der Waals surface area contributed by atoms with Crippen LogP contribution in [0.4, 0.5) is 0 Å². The third-order valence-corrected chi connectivity index (χ3v) is 13.6. The second kappa shape index (κ2) is 29.1. The number of aromatic amines is 3. The van der Waals surface area contributed by atoms with Crippen LogP contribution in [-0.2, 0) is 88.9 Å². The van der Waals surface area contributed by atoms with Crippen molar-refractivity contribution in [2.45, 2.75) is 96.7 Å². The van der Waals surface area contributed by atoms with Crippen molar-refractivity contribution in [1.82, 2.24) is 106 Å². The van der Waals surface area contributed by atoms with Gasteiger partial charge in [-0.15, -0.1) is 36.3 Å². The van der Waals surface area contributed by atoms with E-state index in [0.717, 1.165) is 68.6 Å². The third kappa shape index (κ3) is 14.6. The van der Waals surface area contributed by atoms with E-state index in [1.807, 2.05) is 0 Å². The van der Waals surface area contributed by atoms with Gasteiger partial charge in [-0.1, -0.05) is 0 Å². The summed E-state index contributed by atoms with van der Waals surface area (Å²) < 4.78 is 15.8. The van der Waals surface area contributed by atoms with Crippen molar-refractivity contribution in [3.63, 3.8) is 0 Å². The lowest BCUT2D eigenvalue weighted by molar-refractivity contribution is 0.551. The second-order valence-electron chi connectivity index (χ2n) is 19.2. The molecule has 0 saturated carbocycles. The van der Waals surface area contributed by atoms with Gasteiger partial charge in [0.1, 0.15) is 0 Å². The van der Waals surface area contributed by atoms with Crippen molar-refractivity contribution in [2.75, 3.05) is 5.88 Å². The summed E-state index contributed by atoms with van der Waals surface area (Å²) in [5, 5.41) is 20.6. The molecule has 0 aliphatic heterocycles. The summed E-state index contributed by atoms with van der Waals surface area (Å²) in [6, 6.07) is 0. The summed E-state index contributed by atoms with van der Waals surface area (Å²) in [5.74, 6) is 5.83. The fourth-order valence-corrected chi connectivity index (χ4v) is 8.89. The number of alkyl halides is 1. The van der Waals surface area contributed by atoms with E-state index in [0.29, 0.717) is 90.0 Å². The summed E-state index contributed by atoms with van der Waals surface area (Å²) in [4.78, 5) is 115. The molecule has 0 unspecified atom stereocenters. The highest BCUT2D eigenvalue weighted by Gasteiger charge is 2.17. The largest absolute Gasteiger partial charge is 0.332 e. The van der Waals surface area contributed by atoms with Crippen molar-refractivity contribution >= 4 is 56.3 Å². The molecule has 31 heteroatoms. The molecule has 0 aliphatic carbocycles. The van der Waals surface area contributed by atoms with Crippen LogP contribution in [0.5, 0.6) is 0 Å². The fraction of sp³-hybridized carbons (Fsp3) is 0.462. The average molecular weight is 1160 g/mol. The molecule has 3 N–H and O–H groups in total. The molecule has 0 saturated heterocycles.